The van der Waals surface area contributed by atoms with E-state index >= 15 is 0 Å². The van der Waals surface area contributed by atoms with Gasteiger partial charge < -0.3 is 16.2 Å². The minimum absolute atomic E-state index is 0.0983. The van der Waals surface area contributed by atoms with Crippen LogP contribution in [0.1, 0.15) is 33.1 Å². The molecule has 0 aromatic carbocycles. The first-order valence-corrected chi connectivity index (χ1v) is 4.71. The molecule has 0 rings (SSSR count). The van der Waals surface area contributed by atoms with Crippen LogP contribution in [0.2, 0.25) is 0 Å². The molecule has 0 saturated heterocycles. The highest BCUT2D eigenvalue weighted by molar-refractivity contribution is 5.76. The zero-order valence-electron chi connectivity index (χ0n) is 8.47. The minimum atomic E-state index is -0.793. The number of amides is 1. The third-order valence-electron chi connectivity index (χ3n) is 1.83. The Bertz CT molecular complexity index is 158. The number of nitrogens with two attached hydrogens (primary N) is 1. The molecule has 1 atom stereocenters. The Balaban J connectivity index is 3.67. The minimum Gasteiger partial charge on any atom is -0.388 e. The van der Waals surface area contributed by atoms with Crippen molar-refractivity contribution in [2.24, 2.45) is 5.73 Å². The Morgan fingerprint density at radius 3 is 2.69 bits per heavy atom. The second-order valence-electron chi connectivity index (χ2n) is 3.56. The van der Waals surface area contributed by atoms with Crippen LogP contribution < -0.4 is 11.1 Å². The second-order valence-corrected chi connectivity index (χ2v) is 3.56. The summed E-state index contributed by atoms with van der Waals surface area (Å²) in [6, 6.07) is 0. The van der Waals surface area contributed by atoms with Crippen molar-refractivity contribution >= 4 is 5.91 Å². The number of hydrogen-bond acceptors (Lipinski definition) is 3. The number of hydrogen-bond donors (Lipinski definition) is 3. The van der Waals surface area contributed by atoms with Crippen molar-refractivity contribution in [3.63, 3.8) is 0 Å². The molecule has 0 aliphatic heterocycles. The van der Waals surface area contributed by atoms with E-state index < -0.39 is 5.60 Å². The number of carbonyl (C=O) groups is 1. The van der Waals surface area contributed by atoms with E-state index in [4.69, 9.17) is 5.73 Å². The summed E-state index contributed by atoms with van der Waals surface area (Å²) in [7, 11) is 0. The standard InChI is InChI=1S/C9H20N2O2/c1-3-5-9(2,13)7-11-8(12)4-6-10/h13H,3-7,10H2,1-2H3,(H,11,12). The van der Waals surface area contributed by atoms with Crippen LogP contribution in [0.15, 0.2) is 0 Å². The summed E-state index contributed by atoms with van der Waals surface area (Å²) >= 11 is 0. The first kappa shape index (κ1) is 12.4. The first-order valence-electron chi connectivity index (χ1n) is 4.71. The van der Waals surface area contributed by atoms with Gasteiger partial charge in [0.25, 0.3) is 0 Å². The number of nitrogens with one attached hydrogen (secondary N) is 1. The van der Waals surface area contributed by atoms with Crippen LogP contribution in [0.5, 0.6) is 0 Å². The number of carbonyl (C=O) groups excluding carboxylic acids is 1. The van der Waals surface area contributed by atoms with Gasteiger partial charge in [0.05, 0.1) is 5.60 Å². The summed E-state index contributed by atoms with van der Waals surface area (Å²) in [4.78, 5) is 11.0. The fraction of sp³-hybridized carbons (Fsp3) is 0.889. The van der Waals surface area contributed by atoms with Crippen LogP contribution in [-0.4, -0.2) is 29.7 Å². The van der Waals surface area contributed by atoms with Gasteiger partial charge in [0.15, 0.2) is 0 Å². The summed E-state index contributed by atoms with van der Waals surface area (Å²) in [5.74, 6) is -0.0983. The lowest BCUT2D eigenvalue weighted by Gasteiger charge is -2.22. The molecule has 0 bridgehead atoms. The molecule has 0 heterocycles. The lowest BCUT2D eigenvalue weighted by atomic mass is 10.0. The molecule has 4 N–H and O–H groups in total. The Morgan fingerprint density at radius 1 is 1.62 bits per heavy atom. The molecule has 78 valence electrons. The van der Waals surface area contributed by atoms with Crippen LogP contribution >= 0.6 is 0 Å². The summed E-state index contributed by atoms with van der Waals surface area (Å²) in [5, 5.41) is 12.3. The van der Waals surface area contributed by atoms with Crippen molar-refractivity contribution in [2.45, 2.75) is 38.7 Å². The average Bonchev–Trinajstić information content (AvgIpc) is 2.02. The molecule has 13 heavy (non-hydrogen) atoms. The van der Waals surface area contributed by atoms with Crippen molar-refractivity contribution in [3.8, 4) is 0 Å². The molecule has 4 heteroatoms. The fourth-order valence-corrected chi connectivity index (χ4v) is 1.14. The van der Waals surface area contributed by atoms with E-state index in [1.54, 1.807) is 6.92 Å². The maximum Gasteiger partial charge on any atom is 0.221 e. The van der Waals surface area contributed by atoms with E-state index in [1.165, 1.54) is 0 Å². The third kappa shape index (κ3) is 6.54. The molecule has 4 nitrogen and oxygen atoms in total. The molecule has 1 unspecified atom stereocenters. The summed E-state index contributed by atoms with van der Waals surface area (Å²) in [6.45, 7) is 4.37. The topological polar surface area (TPSA) is 75.3 Å². The fourth-order valence-electron chi connectivity index (χ4n) is 1.14. The van der Waals surface area contributed by atoms with Crippen molar-refractivity contribution in [3.05, 3.63) is 0 Å². The smallest absolute Gasteiger partial charge is 0.221 e. The van der Waals surface area contributed by atoms with Gasteiger partial charge in [-0.2, -0.15) is 0 Å². The Hall–Kier alpha value is -0.610. The van der Waals surface area contributed by atoms with E-state index in [1.807, 2.05) is 6.92 Å². The van der Waals surface area contributed by atoms with Crippen LogP contribution in [0.4, 0.5) is 0 Å². The second kappa shape index (κ2) is 5.94. The highest BCUT2D eigenvalue weighted by atomic mass is 16.3. The molecule has 0 radical (unpaired) electrons. The van der Waals surface area contributed by atoms with Gasteiger partial charge in [0.2, 0.25) is 5.91 Å². The van der Waals surface area contributed by atoms with Crippen molar-refractivity contribution in [2.75, 3.05) is 13.1 Å². The van der Waals surface area contributed by atoms with Crippen molar-refractivity contribution in [1.82, 2.24) is 5.32 Å². The van der Waals surface area contributed by atoms with Gasteiger partial charge in [0.1, 0.15) is 0 Å². The number of rotatable bonds is 6. The molecule has 0 aliphatic rings. The maximum atomic E-state index is 11.0. The van der Waals surface area contributed by atoms with Gasteiger partial charge >= 0.3 is 0 Å². The molecule has 0 saturated carbocycles. The predicted molar refractivity (Wildman–Crippen MR) is 52.2 cm³/mol. The largest absolute Gasteiger partial charge is 0.388 e. The highest BCUT2D eigenvalue weighted by Crippen LogP contribution is 2.09. The zero-order chi connectivity index (χ0) is 10.3. The van der Waals surface area contributed by atoms with Crippen LogP contribution in [0.25, 0.3) is 0 Å². The average molecular weight is 188 g/mol. The lowest BCUT2D eigenvalue weighted by molar-refractivity contribution is -0.122. The van der Waals surface area contributed by atoms with Gasteiger partial charge in [-0.15, -0.1) is 0 Å². The van der Waals surface area contributed by atoms with E-state index in [9.17, 15) is 9.90 Å². The monoisotopic (exact) mass is 188 g/mol. The molecular formula is C9H20N2O2. The molecule has 0 aromatic rings. The van der Waals surface area contributed by atoms with E-state index in [0.717, 1.165) is 6.42 Å². The molecule has 0 aromatic heterocycles. The van der Waals surface area contributed by atoms with Gasteiger partial charge in [-0.1, -0.05) is 13.3 Å². The van der Waals surface area contributed by atoms with Gasteiger partial charge in [-0.05, 0) is 13.3 Å². The van der Waals surface area contributed by atoms with E-state index in [-0.39, 0.29) is 5.91 Å². The van der Waals surface area contributed by atoms with Gasteiger partial charge in [-0.3, -0.25) is 4.79 Å². The van der Waals surface area contributed by atoms with Gasteiger partial charge in [0, 0.05) is 19.5 Å². The van der Waals surface area contributed by atoms with Gasteiger partial charge in [-0.25, -0.2) is 0 Å². The van der Waals surface area contributed by atoms with Crippen LogP contribution in [0.3, 0.4) is 0 Å². The first-order chi connectivity index (χ1) is 6.02. The van der Waals surface area contributed by atoms with Crippen molar-refractivity contribution in [1.29, 1.82) is 0 Å². The van der Waals surface area contributed by atoms with E-state index in [2.05, 4.69) is 5.32 Å². The van der Waals surface area contributed by atoms with Crippen LogP contribution in [0, 0.1) is 0 Å². The summed E-state index contributed by atoms with van der Waals surface area (Å²) < 4.78 is 0. The summed E-state index contributed by atoms with van der Waals surface area (Å²) in [6.07, 6.45) is 1.91. The normalized spacial score (nSPS) is 15.1. The maximum absolute atomic E-state index is 11.0. The highest BCUT2D eigenvalue weighted by Gasteiger charge is 2.19. The van der Waals surface area contributed by atoms with E-state index in [0.29, 0.717) is 25.9 Å². The Kier molecular flexibility index (Phi) is 5.66. The van der Waals surface area contributed by atoms with Crippen LogP contribution in [-0.2, 0) is 4.79 Å². The molecule has 0 aliphatic carbocycles. The lowest BCUT2D eigenvalue weighted by Crippen LogP contribution is -2.40. The van der Waals surface area contributed by atoms with Crippen molar-refractivity contribution < 1.29 is 9.90 Å². The molecule has 0 spiro atoms. The molecule has 1 amide bonds. The summed E-state index contributed by atoms with van der Waals surface area (Å²) in [5.41, 5.74) is 4.41. The SMILES string of the molecule is CCCC(C)(O)CNC(=O)CCN. The molecule has 0 fully saturated rings. The predicted octanol–water partition coefficient (Wildman–Crippen LogP) is 0.00250. The molecular weight excluding hydrogens is 168 g/mol. The Morgan fingerprint density at radius 2 is 2.23 bits per heavy atom. The zero-order valence-corrected chi connectivity index (χ0v) is 8.47. The quantitative estimate of drug-likeness (QED) is 0.549. The third-order valence-corrected chi connectivity index (χ3v) is 1.83. The number of aliphatic hydroxyl groups is 1. The Labute approximate surface area is 79.5 Å².